The molecule has 2 heterocycles. The van der Waals surface area contributed by atoms with E-state index in [1.54, 1.807) is 67.0 Å². The van der Waals surface area contributed by atoms with E-state index in [0.29, 0.717) is 38.8 Å². The topological polar surface area (TPSA) is 69.9 Å². The Morgan fingerprint density at radius 3 is 2.52 bits per heavy atom. The fourth-order valence-electron chi connectivity index (χ4n) is 3.34. The molecule has 0 atom stereocenters. The van der Waals surface area contributed by atoms with E-state index in [1.165, 1.54) is 6.33 Å². The summed E-state index contributed by atoms with van der Waals surface area (Å²) in [6.07, 6.45) is 1.53. The summed E-state index contributed by atoms with van der Waals surface area (Å²) in [6.45, 7) is 1.96. The van der Waals surface area contributed by atoms with Crippen molar-refractivity contribution in [2.45, 2.75) is 6.92 Å². The van der Waals surface area contributed by atoms with Crippen LogP contribution in [0.25, 0.3) is 16.8 Å². The number of carbonyl (C=O) groups excluding carboxylic acids is 2. The first-order valence-corrected chi connectivity index (χ1v) is 10.0. The summed E-state index contributed by atoms with van der Waals surface area (Å²) in [5.41, 5.74) is 3.03. The largest absolute Gasteiger partial charge is 0.497 e. The first kappa shape index (κ1) is 20.6. The minimum atomic E-state index is -0.503. The molecule has 4 rings (SSSR count). The van der Waals surface area contributed by atoms with E-state index in [9.17, 15) is 9.59 Å². The Labute approximate surface area is 184 Å². The molecule has 4 aromatic rings. The highest BCUT2D eigenvalue weighted by Gasteiger charge is 2.22. The number of ketones is 1. The highest BCUT2D eigenvalue weighted by Crippen LogP contribution is 2.27. The Bertz CT molecular complexity index is 1280. The van der Waals surface area contributed by atoms with E-state index in [1.807, 2.05) is 12.1 Å². The molecule has 0 saturated heterocycles. The van der Waals surface area contributed by atoms with E-state index in [2.05, 4.69) is 4.98 Å². The molecule has 0 aliphatic rings. The van der Waals surface area contributed by atoms with Gasteiger partial charge in [-0.15, -0.1) is 0 Å². The maximum atomic E-state index is 13.2. The van der Waals surface area contributed by atoms with Crippen molar-refractivity contribution < 1.29 is 19.1 Å². The molecule has 156 valence electrons. The van der Waals surface area contributed by atoms with Crippen molar-refractivity contribution in [2.24, 2.45) is 0 Å². The maximum absolute atomic E-state index is 13.2. The summed E-state index contributed by atoms with van der Waals surface area (Å²) in [7, 11) is 1.56. The van der Waals surface area contributed by atoms with Crippen LogP contribution >= 0.6 is 11.6 Å². The van der Waals surface area contributed by atoms with Crippen LogP contribution in [0.5, 0.6) is 5.75 Å². The van der Waals surface area contributed by atoms with Gasteiger partial charge in [0.05, 0.1) is 36.2 Å². The van der Waals surface area contributed by atoms with Crippen LogP contribution < -0.4 is 4.74 Å². The zero-order chi connectivity index (χ0) is 22.0. The molecule has 0 saturated carbocycles. The van der Waals surface area contributed by atoms with Gasteiger partial charge in [-0.05, 0) is 55.5 Å². The Balaban J connectivity index is 1.85. The van der Waals surface area contributed by atoms with Crippen LogP contribution in [-0.2, 0) is 4.74 Å². The number of esters is 1. The molecule has 2 aromatic heterocycles. The van der Waals surface area contributed by atoms with Gasteiger partial charge in [-0.3, -0.25) is 9.20 Å². The van der Waals surface area contributed by atoms with Gasteiger partial charge in [-0.25, -0.2) is 9.78 Å². The molecule has 0 aliphatic carbocycles. The van der Waals surface area contributed by atoms with Gasteiger partial charge in [0, 0.05) is 16.1 Å². The summed E-state index contributed by atoms with van der Waals surface area (Å²) in [4.78, 5) is 30.3. The van der Waals surface area contributed by atoms with Crippen LogP contribution in [-0.4, -0.2) is 34.9 Å². The quantitative estimate of drug-likeness (QED) is 0.313. The third-order valence-corrected chi connectivity index (χ3v) is 5.10. The number of ether oxygens (including phenoxy) is 2. The molecule has 0 radical (unpaired) electrons. The van der Waals surface area contributed by atoms with Gasteiger partial charge in [0.1, 0.15) is 12.1 Å². The van der Waals surface area contributed by atoms with Crippen LogP contribution in [0.1, 0.15) is 33.3 Å². The average molecular weight is 435 g/mol. The average Bonchev–Trinajstić information content (AvgIpc) is 3.18. The first-order valence-electron chi connectivity index (χ1n) is 9.64. The van der Waals surface area contributed by atoms with E-state index in [4.69, 9.17) is 21.1 Å². The molecule has 0 aliphatic heterocycles. The molecule has 0 fully saturated rings. The lowest BCUT2D eigenvalue weighted by molar-refractivity contribution is 0.0529. The van der Waals surface area contributed by atoms with Crippen LogP contribution in [0.15, 0.2) is 67.0 Å². The molecule has 0 amide bonds. The second kappa shape index (κ2) is 8.62. The number of methoxy groups -OCH3 is 1. The van der Waals surface area contributed by atoms with Crippen molar-refractivity contribution in [3.8, 4) is 17.0 Å². The number of aromatic nitrogens is 2. The van der Waals surface area contributed by atoms with E-state index in [-0.39, 0.29) is 12.4 Å². The van der Waals surface area contributed by atoms with Crippen molar-refractivity contribution in [3.63, 3.8) is 0 Å². The number of carbonyl (C=O) groups is 2. The molecule has 0 spiro atoms. The van der Waals surface area contributed by atoms with Crippen molar-refractivity contribution >= 4 is 28.9 Å². The van der Waals surface area contributed by atoms with Gasteiger partial charge in [-0.1, -0.05) is 23.7 Å². The minimum absolute atomic E-state index is 0.226. The molecule has 6 nitrogen and oxygen atoms in total. The van der Waals surface area contributed by atoms with Crippen molar-refractivity contribution in [3.05, 3.63) is 88.8 Å². The lowest BCUT2D eigenvalue weighted by atomic mass is 10.1. The second-order valence-corrected chi connectivity index (χ2v) is 7.20. The zero-order valence-corrected chi connectivity index (χ0v) is 17.7. The number of rotatable bonds is 6. The lowest BCUT2D eigenvalue weighted by Gasteiger charge is -2.06. The number of hydrogen-bond acceptors (Lipinski definition) is 5. The molecular formula is C24H19ClN2O4. The van der Waals surface area contributed by atoms with Crippen molar-refractivity contribution in [2.75, 3.05) is 13.7 Å². The summed E-state index contributed by atoms with van der Waals surface area (Å²) in [5.74, 6) is -0.0980. The van der Waals surface area contributed by atoms with E-state index < -0.39 is 5.97 Å². The first-order chi connectivity index (χ1) is 15.0. The van der Waals surface area contributed by atoms with E-state index in [0.717, 1.165) is 5.56 Å². The zero-order valence-electron chi connectivity index (χ0n) is 17.0. The molecule has 0 N–H and O–H groups in total. The minimum Gasteiger partial charge on any atom is -0.497 e. The number of benzene rings is 2. The second-order valence-electron chi connectivity index (χ2n) is 6.76. The predicted molar refractivity (Wildman–Crippen MR) is 118 cm³/mol. The van der Waals surface area contributed by atoms with Gasteiger partial charge < -0.3 is 9.47 Å². The van der Waals surface area contributed by atoms with Gasteiger partial charge >= 0.3 is 5.97 Å². The Morgan fingerprint density at radius 2 is 1.84 bits per heavy atom. The lowest BCUT2D eigenvalue weighted by Crippen LogP contribution is -2.05. The Kier molecular flexibility index (Phi) is 5.73. The van der Waals surface area contributed by atoms with Crippen LogP contribution in [0.2, 0.25) is 5.02 Å². The predicted octanol–water partition coefficient (Wildman–Crippen LogP) is 5.07. The molecular weight excluding hydrogens is 416 g/mol. The third kappa shape index (κ3) is 4.02. The standard InChI is InChI=1S/C24H19ClN2O4/c1-3-31-24(29)19-12-22(23(28)15-7-9-18(30-2)10-8-15)27-14-26-20(13-21(19)27)16-5-4-6-17(25)11-16/h4-14H,3H2,1-2H3. The van der Waals surface area contributed by atoms with Crippen LogP contribution in [0.4, 0.5) is 0 Å². The number of hydrogen-bond donors (Lipinski definition) is 0. The van der Waals surface area contributed by atoms with Gasteiger partial charge in [0.25, 0.3) is 0 Å². The fraction of sp³-hybridized carbons (Fsp3) is 0.125. The van der Waals surface area contributed by atoms with Gasteiger partial charge in [0.15, 0.2) is 0 Å². The molecule has 7 heteroatoms. The third-order valence-electron chi connectivity index (χ3n) is 4.86. The highest BCUT2D eigenvalue weighted by atomic mass is 35.5. The molecule has 31 heavy (non-hydrogen) atoms. The van der Waals surface area contributed by atoms with Gasteiger partial charge in [0.2, 0.25) is 5.78 Å². The summed E-state index contributed by atoms with van der Waals surface area (Å²) in [5, 5.41) is 0.579. The van der Waals surface area contributed by atoms with Crippen LogP contribution in [0.3, 0.4) is 0 Å². The summed E-state index contributed by atoms with van der Waals surface area (Å²) in [6, 6.07) is 17.3. The normalized spacial score (nSPS) is 10.8. The summed E-state index contributed by atoms with van der Waals surface area (Å²) >= 11 is 6.11. The van der Waals surface area contributed by atoms with E-state index >= 15 is 0 Å². The maximum Gasteiger partial charge on any atom is 0.340 e. The molecule has 0 unspecified atom stereocenters. The SMILES string of the molecule is CCOC(=O)c1cc(C(=O)c2ccc(OC)cc2)n2cnc(-c3cccc(Cl)c3)cc12. The fourth-order valence-corrected chi connectivity index (χ4v) is 3.53. The van der Waals surface area contributed by atoms with Crippen LogP contribution in [0, 0.1) is 0 Å². The number of fused-ring (bicyclic) bond motifs is 1. The molecule has 0 bridgehead atoms. The van der Waals surface area contributed by atoms with Crippen molar-refractivity contribution in [1.29, 1.82) is 0 Å². The highest BCUT2D eigenvalue weighted by molar-refractivity contribution is 6.30. The number of halogens is 1. The Morgan fingerprint density at radius 1 is 1.06 bits per heavy atom. The smallest absolute Gasteiger partial charge is 0.340 e. The van der Waals surface area contributed by atoms with Gasteiger partial charge in [-0.2, -0.15) is 0 Å². The monoisotopic (exact) mass is 434 g/mol. The molecule has 2 aromatic carbocycles. The van der Waals surface area contributed by atoms with Crippen molar-refractivity contribution in [1.82, 2.24) is 9.38 Å². The number of nitrogens with zero attached hydrogens (tertiary/aromatic N) is 2. The Hall–Kier alpha value is -3.64. The summed E-state index contributed by atoms with van der Waals surface area (Å²) < 4.78 is 12.0.